The molecule has 9 nitrogen and oxygen atoms in total. The van der Waals surface area contributed by atoms with E-state index in [4.69, 9.17) is 15.2 Å². The van der Waals surface area contributed by atoms with Crippen molar-refractivity contribution in [3.63, 3.8) is 0 Å². The Morgan fingerprint density at radius 1 is 1.00 bits per heavy atom. The first-order valence-electron chi connectivity index (χ1n) is 12.6. The molecule has 0 bridgehead atoms. The van der Waals surface area contributed by atoms with Gasteiger partial charge in [-0.25, -0.2) is 14.3 Å². The van der Waals surface area contributed by atoms with Crippen LogP contribution in [0, 0.1) is 6.92 Å². The molecule has 41 heavy (non-hydrogen) atoms. The van der Waals surface area contributed by atoms with Crippen molar-refractivity contribution in [1.82, 2.24) is 9.78 Å². The van der Waals surface area contributed by atoms with Gasteiger partial charge >= 0.3 is 18.2 Å². The number of halogens is 3. The van der Waals surface area contributed by atoms with Crippen molar-refractivity contribution in [2.75, 3.05) is 23.0 Å². The Labute approximate surface area is 234 Å². The van der Waals surface area contributed by atoms with E-state index in [0.717, 1.165) is 17.7 Å². The molecule has 1 amide bonds. The fourth-order valence-electron chi connectivity index (χ4n) is 3.97. The van der Waals surface area contributed by atoms with Gasteiger partial charge in [0.25, 0.3) is 0 Å². The van der Waals surface area contributed by atoms with Gasteiger partial charge in [-0.3, -0.25) is 5.32 Å². The molecular formula is C29H28F3N5O4. The molecule has 0 saturated heterocycles. The number of aromatic nitrogens is 2. The summed E-state index contributed by atoms with van der Waals surface area (Å²) >= 11 is 0. The van der Waals surface area contributed by atoms with E-state index in [1.807, 2.05) is 31.2 Å². The molecule has 4 N–H and O–H groups in total. The van der Waals surface area contributed by atoms with Gasteiger partial charge in [-0.1, -0.05) is 54.1 Å². The monoisotopic (exact) mass is 567 g/mol. The lowest BCUT2D eigenvalue weighted by molar-refractivity contribution is -0.137. The Balaban J connectivity index is 1.62. The van der Waals surface area contributed by atoms with Crippen LogP contribution in [0.2, 0.25) is 0 Å². The van der Waals surface area contributed by atoms with Crippen LogP contribution in [0.1, 0.15) is 40.1 Å². The molecule has 3 aromatic carbocycles. The Bertz CT molecular complexity index is 1510. The molecule has 1 atom stereocenters. The Morgan fingerprint density at radius 3 is 2.37 bits per heavy atom. The predicted molar refractivity (Wildman–Crippen MR) is 148 cm³/mol. The van der Waals surface area contributed by atoms with Gasteiger partial charge < -0.3 is 20.5 Å². The highest BCUT2D eigenvalue weighted by molar-refractivity contribution is 6.00. The number of nitrogens with zero attached hydrogens (tertiary/aromatic N) is 2. The van der Waals surface area contributed by atoms with Crippen LogP contribution in [-0.4, -0.2) is 28.4 Å². The maximum atomic E-state index is 13.1. The van der Waals surface area contributed by atoms with E-state index in [2.05, 4.69) is 15.7 Å². The molecule has 1 heterocycles. The SMILES string of the molecule is CCOC(=O)c1c(Nc2ccc(C)cc2)nn(CC(OC(=O)Nc2cccc(C(F)(F)F)c2)c2ccccc2)c1N. The first-order valence-corrected chi connectivity index (χ1v) is 12.6. The number of nitrogens with one attached hydrogen (secondary N) is 2. The van der Waals surface area contributed by atoms with E-state index in [1.165, 1.54) is 16.8 Å². The highest BCUT2D eigenvalue weighted by atomic mass is 19.4. The third-order valence-corrected chi connectivity index (χ3v) is 5.98. The fourth-order valence-corrected chi connectivity index (χ4v) is 3.97. The van der Waals surface area contributed by atoms with Crippen LogP contribution in [0.15, 0.2) is 78.9 Å². The van der Waals surface area contributed by atoms with Crippen LogP contribution < -0.4 is 16.4 Å². The van der Waals surface area contributed by atoms with E-state index >= 15 is 0 Å². The minimum absolute atomic E-state index is 0.00709. The second-order valence-electron chi connectivity index (χ2n) is 9.01. The fraction of sp³-hybridized carbons (Fsp3) is 0.207. The highest BCUT2D eigenvalue weighted by Gasteiger charge is 2.31. The number of anilines is 4. The lowest BCUT2D eigenvalue weighted by Gasteiger charge is -2.19. The first kappa shape index (κ1) is 29.0. The number of ether oxygens (including phenoxy) is 2. The highest BCUT2D eigenvalue weighted by Crippen LogP contribution is 2.32. The molecule has 1 aromatic heterocycles. The zero-order chi connectivity index (χ0) is 29.6. The molecule has 0 fully saturated rings. The number of hydrogen-bond acceptors (Lipinski definition) is 7. The predicted octanol–water partition coefficient (Wildman–Crippen LogP) is 6.70. The molecule has 0 aliphatic heterocycles. The molecule has 0 aliphatic carbocycles. The molecule has 0 aliphatic rings. The molecule has 4 aromatic rings. The summed E-state index contributed by atoms with van der Waals surface area (Å²) in [6.45, 7) is 3.59. The molecular weight excluding hydrogens is 539 g/mol. The number of nitrogen functional groups attached to an aromatic ring is 1. The number of nitrogens with two attached hydrogens (primary N) is 1. The van der Waals surface area contributed by atoms with Gasteiger partial charge in [0.15, 0.2) is 5.82 Å². The normalized spacial score (nSPS) is 11.9. The topological polar surface area (TPSA) is 120 Å². The van der Waals surface area contributed by atoms with E-state index < -0.39 is 29.9 Å². The number of carbonyl (C=O) groups excluding carboxylic acids is 2. The quantitative estimate of drug-likeness (QED) is 0.192. The van der Waals surface area contributed by atoms with Crippen molar-refractivity contribution >= 4 is 35.1 Å². The van der Waals surface area contributed by atoms with Crippen molar-refractivity contribution in [1.29, 1.82) is 0 Å². The average Bonchev–Trinajstić information content (AvgIpc) is 3.24. The van der Waals surface area contributed by atoms with Crippen molar-refractivity contribution in [2.45, 2.75) is 32.7 Å². The smallest absolute Gasteiger partial charge is 0.416 e. The van der Waals surface area contributed by atoms with Crippen LogP contribution >= 0.6 is 0 Å². The summed E-state index contributed by atoms with van der Waals surface area (Å²) < 4.78 is 51.4. The number of aryl methyl sites for hydroxylation is 1. The van der Waals surface area contributed by atoms with Crippen LogP contribution in [0.25, 0.3) is 0 Å². The van der Waals surface area contributed by atoms with Gasteiger partial charge in [0.2, 0.25) is 0 Å². The molecule has 214 valence electrons. The van der Waals surface area contributed by atoms with Crippen molar-refractivity contribution in [2.24, 2.45) is 0 Å². The molecule has 4 rings (SSSR count). The third kappa shape index (κ3) is 7.35. The lowest BCUT2D eigenvalue weighted by Crippen LogP contribution is -2.22. The van der Waals surface area contributed by atoms with Gasteiger partial charge in [0, 0.05) is 11.4 Å². The van der Waals surface area contributed by atoms with Crippen LogP contribution in [0.4, 0.5) is 41.0 Å². The zero-order valence-electron chi connectivity index (χ0n) is 22.2. The third-order valence-electron chi connectivity index (χ3n) is 5.98. The second kappa shape index (κ2) is 12.5. The number of benzene rings is 3. The summed E-state index contributed by atoms with van der Waals surface area (Å²) in [6, 6.07) is 20.2. The Kier molecular flexibility index (Phi) is 8.81. The molecule has 1 unspecified atom stereocenters. The molecule has 0 spiro atoms. The first-order chi connectivity index (χ1) is 19.5. The van der Waals surface area contributed by atoms with Gasteiger partial charge in [0.05, 0.1) is 18.7 Å². The van der Waals surface area contributed by atoms with Crippen molar-refractivity contribution in [3.8, 4) is 0 Å². The maximum absolute atomic E-state index is 13.1. The number of hydrogen-bond donors (Lipinski definition) is 3. The minimum Gasteiger partial charge on any atom is -0.462 e. The van der Waals surface area contributed by atoms with Gasteiger partial charge in [-0.2, -0.15) is 18.3 Å². The summed E-state index contributed by atoms with van der Waals surface area (Å²) in [5.74, 6) is -0.573. The number of rotatable bonds is 9. The lowest BCUT2D eigenvalue weighted by atomic mass is 10.1. The summed E-state index contributed by atoms with van der Waals surface area (Å²) in [5, 5.41) is 9.88. The van der Waals surface area contributed by atoms with Crippen molar-refractivity contribution in [3.05, 3.63) is 101 Å². The number of alkyl halides is 3. The average molecular weight is 568 g/mol. The van der Waals surface area contributed by atoms with Gasteiger partial charge in [0.1, 0.15) is 17.5 Å². The van der Waals surface area contributed by atoms with Gasteiger partial charge in [-0.15, -0.1) is 0 Å². The summed E-state index contributed by atoms with van der Waals surface area (Å²) in [6.07, 6.45) is -6.55. The maximum Gasteiger partial charge on any atom is 0.416 e. The van der Waals surface area contributed by atoms with Crippen LogP contribution in [-0.2, 0) is 22.2 Å². The van der Waals surface area contributed by atoms with Crippen LogP contribution in [0.3, 0.4) is 0 Å². The Morgan fingerprint density at radius 2 is 1.71 bits per heavy atom. The number of esters is 1. The van der Waals surface area contributed by atoms with E-state index in [-0.39, 0.29) is 36.0 Å². The number of amides is 1. The summed E-state index contributed by atoms with van der Waals surface area (Å²) in [5.41, 5.74) is 7.60. The number of carbonyl (C=O) groups is 2. The van der Waals surface area contributed by atoms with Crippen LogP contribution in [0.5, 0.6) is 0 Å². The standard InChI is InChI=1S/C29H28F3N5O4/c1-3-40-27(38)24-25(33)37(36-26(24)34-21-14-12-18(2)13-15-21)17-23(19-8-5-4-6-9-19)41-28(39)35-22-11-7-10-20(16-22)29(30,31)32/h4-16,23H,3,17,33H2,1-2H3,(H,34,36)(H,35,39). The summed E-state index contributed by atoms with van der Waals surface area (Å²) in [7, 11) is 0. The largest absolute Gasteiger partial charge is 0.462 e. The zero-order valence-corrected chi connectivity index (χ0v) is 22.2. The molecule has 0 saturated carbocycles. The van der Waals surface area contributed by atoms with E-state index in [1.54, 1.807) is 37.3 Å². The second-order valence-corrected chi connectivity index (χ2v) is 9.01. The Hall–Kier alpha value is -5.00. The van der Waals surface area contributed by atoms with Gasteiger partial charge in [-0.05, 0) is 49.7 Å². The molecule has 0 radical (unpaired) electrons. The molecule has 12 heteroatoms. The van der Waals surface area contributed by atoms with E-state index in [0.29, 0.717) is 11.3 Å². The minimum atomic E-state index is -4.58. The van der Waals surface area contributed by atoms with E-state index in [9.17, 15) is 22.8 Å². The van der Waals surface area contributed by atoms with Crippen molar-refractivity contribution < 1.29 is 32.2 Å². The summed E-state index contributed by atoms with van der Waals surface area (Å²) in [4.78, 5) is 25.6.